The Bertz CT molecular complexity index is 941. The average molecular weight is 566 g/mol. The second-order valence-electron chi connectivity index (χ2n) is 9.21. The Morgan fingerprint density at radius 2 is 1.81 bits per heavy atom. The third kappa shape index (κ3) is 10.7. The molecule has 2 heterocycles. The number of carbonyl (C=O) groups excluding carboxylic acids is 4. The number of ether oxygens (including phenoxy) is 1. The number of rotatable bonds is 4. The van der Waals surface area contributed by atoms with Crippen LogP contribution in [-0.2, 0) is 33.8 Å². The van der Waals surface area contributed by atoms with Crippen molar-refractivity contribution in [3.63, 3.8) is 0 Å². The summed E-state index contributed by atoms with van der Waals surface area (Å²) in [6, 6.07) is -3.04. The van der Waals surface area contributed by atoms with E-state index < -0.39 is 70.3 Å². The van der Waals surface area contributed by atoms with Gasteiger partial charge in [-0.25, -0.2) is 8.42 Å². The van der Waals surface area contributed by atoms with Gasteiger partial charge in [-0.1, -0.05) is 41.5 Å². The molecule has 0 aliphatic carbocycles. The number of aliphatic hydroxyl groups is 1. The van der Waals surface area contributed by atoms with Crippen LogP contribution >= 0.6 is 21.6 Å². The third-order valence-corrected chi connectivity index (χ3v) is 9.01. The van der Waals surface area contributed by atoms with Gasteiger partial charge in [-0.15, -0.1) is 0 Å². The lowest BCUT2D eigenvalue weighted by Gasteiger charge is -2.29. The summed E-state index contributed by atoms with van der Waals surface area (Å²) in [6.45, 7) is 3.55. The summed E-state index contributed by atoms with van der Waals surface area (Å²) in [5.74, 6) is -2.34. The van der Waals surface area contributed by atoms with E-state index in [1.54, 1.807) is 26.0 Å². The molecule has 0 radical (unpaired) electrons. The fraction of sp³-hybridized carbons (Fsp3) is 0.727. The molecule has 0 aromatic carbocycles. The highest BCUT2D eigenvalue weighted by Gasteiger charge is 2.33. The molecular weight excluding hydrogens is 530 g/mol. The second-order valence-corrected chi connectivity index (χ2v) is 14.1. The average Bonchev–Trinajstić information content (AvgIpc) is 2.76. The Hall–Kier alpha value is -1.77. The number of fused-ring (bicyclic) bond motifs is 7. The molecule has 14 heteroatoms. The van der Waals surface area contributed by atoms with Gasteiger partial charge in [0.05, 0.1) is 30.7 Å². The van der Waals surface area contributed by atoms with Gasteiger partial charge in [0.25, 0.3) is 0 Å². The first-order valence-electron chi connectivity index (χ1n) is 11.7. The van der Waals surface area contributed by atoms with E-state index in [9.17, 15) is 32.7 Å². The molecule has 2 bridgehead atoms. The van der Waals surface area contributed by atoms with E-state index in [0.717, 1.165) is 6.26 Å². The maximum absolute atomic E-state index is 13.2. The Morgan fingerprint density at radius 1 is 1.08 bits per heavy atom. The van der Waals surface area contributed by atoms with Gasteiger partial charge in [-0.2, -0.15) is 0 Å². The van der Waals surface area contributed by atoms with Gasteiger partial charge in [0.15, 0.2) is 0 Å². The molecule has 36 heavy (non-hydrogen) atoms. The topological polar surface area (TPSA) is 168 Å². The summed E-state index contributed by atoms with van der Waals surface area (Å²) < 4.78 is 28.9. The van der Waals surface area contributed by atoms with Crippen LogP contribution in [0.2, 0.25) is 0 Å². The van der Waals surface area contributed by atoms with Gasteiger partial charge < -0.3 is 25.8 Å². The van der Waals surface area contributed by atoms with Crippen molar-refractivity contribution in [2.24, 2.45) is 5.92 Å². The number of amides is 3. The molecule has 5 atom stereocenters. The minimum Gasteiger partial charge on any atom is -0.457 e. The van der Waals surface area contributed by atoms with Crippen molar-refractivity contribution in [1.82, 2.24) is 16.0 Å². The molecule has 0 aromatic rings. The van der Waals surface area contributed by atoms with Gasteiger partial charge >= 0.3 is 5.97 Å². The van der Waals surface area contributed by atoms with E-state index in [2.05, 4.69) is 16.0 Å². The van der Waals surface area contributed by atoms with Crippen LogP contribution in [0.15, 0.2) is 12.2 Å². The first kappa shape index (κ1) is 30.5. The van der Waals surface area contributed by atoms with Gasteiger partial charge in [0, 0.05) is 17.8 Å². The highest BCUT2D eigenvalue weighted by molar-refractivity contribution is 8.76. The van der Waals surface area contributed by atoms with Crippen molar-refractivity contribution in [1.29, 1.82) is 0 Å². The lowest BCUT2D eigenvalue weighted by molar-refractivity contribution is -0.151. The molecule has 5 unspecified atom stereocenters. The van der Waals surface area contributed by atoms with Crippen LogP contribution in [0, 0.1) is 5.92 Å². The zero-order valence-electron chi connectivity index (χ0n) is 20.6. The lowest BCUT2D eigenvalue weighted by Crippen LogP contribution is -2.58. The van der Waals surface area contributed by atoms with Gasteiger partial charge in [-0.05, 0) is 24.8 Å². The highest BCUT2D eigenvalue weighted by Crippen LogP contribution is 2.24. The van der Waals surface area contributed by atoms with Crippen molar-refractivity contribution < 1.29 is 37.4 Å². The van der Waals surface area contributed by atoms with Crippen LogP contribution in [0.5, 0.6) is 0 Å². The molecule has 0 aromatic heterocycles. The van der Waals surface area contributed by atoms with Gasteiger partial charge in [0.1, 0.15) is 28.0 Å². The standard InChI is InChI=1S/C22H35N3O8S3/c1-13(2)20-17(26)11-19(28)33-14-6-4-5-8-34-35-12-16(22(30)25-20)24-21(29)15(23-18(27)10-14)7-9-36(3,31)32/h4,6,13-17,20,26H,5,7-12H2,1-3H3,(H,23,27)(H,24,29)(H,25,30). The van der Waals surface area contributed by atoms with E-state index in [-0.39, 0.29) is 30.3 Å². The van der Waals surface area contributed by atoms with Crippen LogP contribution in [0.4, 0.5) is 0 Å². The molecule has 0 spiro atoms. The SMILES string of the molecule is CC(C)C1NC(=O)C2CSSCCC=CC(CC(=O)NC(CCS(C)(=O)=O)C(=O)N2)OC(=O)CC1O. The Kier molecular flexibility index (Phi) is 12.0. The Balaban J connectivity index is 2.48. The minimum absolute atomic E-state index is 0.194. The summed E-state index contributed by atoms with van der Waals surface area (Å²) in [7, 11) is -0.560. The molecule has 1 saturated heterocycles. The van der Waals surface area contributed by atoms with Crippen molar-refractivity contribution in [2.75, 3.05) is 23.5 Å². The summed E-state index contributed by atoms with van der Waals surface area (Å²) in [6.07, 6.45) is 1.94. The van der Waals surface area contributed by atoms with Gasteiger partial charge in [-0.3, -0.25) is 19.2 Å². The van der Waals surface area contributed by atoms with E-state index >= 15 is 0 Å². The molecular formula is C22H35N3O8S3. The zero-order valence-corrected chi connectivity index (χ0v) is 23.0. The molecule has 3 amide bonds. The summed E-state index contributed by atoms with van der Waals surface area (Å²) in [5, 5.41) is 18.6. The Morgan fingerprint density at radius 3 is 2.47 bits per heavy atom. The van der Waals surface area contributed by atoms with Crippen LogP contribution in [0.25, 0.3) is 0 Å². The van der Waals surface area contributed by atoms with Crippen LogP contribution < -0.4 is 16.0 Å². The summed E-state index contributed by atoms with van der Waals surface area (Å²) in [4.78, 5) is 51.7. The largest absolute Gasteiger partial charge is 0.457 e. The lowest BCUT2D eigenvalue weighted by atomic mass is 9.96. The molecule has 2 aliphatic heterocycles. The normalized spacial score (nSPS) is 29.8. The maximum atomic E-state index is 13.2. The Labute approximate surface area is 219 Å². The quantitative estimate of drug-likeness (QED) is 0.206. The predicted molar refractivity (Wildman–Crippen MR) is 139 cm³/mol. The fourth-order valence-corrected chi connectivity index (χ4v) is 6.49. The second kappa shape index (κ2) is 14.2. The number of allylic oxidation sites excluding steroid dienone is 1. The number of hydrogen-bond acceptors (Lipinski definition) is 10. The van der Waals surface area contributed by atoms with Gasteiger partial charge in [0.2, 0.25) is 17.7 Å². The molecule has 11 nitrogen and oxygen atoms in total. The predicted octanol–water partition coefficient (Wildman–Crippen LogP) is -0.0607. The van der Waals surface area contributed by atoms with E-state index in [0.29, 0.717) is 12.2 Å². The van der Waals surface area contributed by atoms with E-state index in [1.165, 1.54) is 21.6 Å². The number of esters is 1. The smallest absolute Gasteiger partial charge is 0.309 e. The fourth-order valence-electron chi connectivity index (χ4n) is 3.67. The van der Waals surface area contributed by atoms with E-state index in [1.807, 2.05) is 0 Å². The molecule has 2 rings (SSSR count). The number of hydrogen-bond donors (Lipinski definition) is 4. The van der Waals surface area contributed by atoms with Crippen LogP contribution in [-0.4, -0.2) is 91.1 Å². The van der Waals surface area contributed by atoms with Crippen molar-refractivity contribution in [3.05, 3.63) is 12.2 Å². The minimum atomic E-state index is -3.44. The number of sulfone groups is 1. The summed E-state index contributed by atoms with van der Waals surface area (Å²) >= 11 is 0. The highest BCUT2D eigenvalue weighted by atomic mass is 33.1. The molecule has 1 fully saturated rings. The molecule has 0 saturated carbocycles. The van der Waals surface area contributed by atoms with Crippen molar-refractivity contribution in [2.45, 2.75) is 69.9 Å². The van der Waals surface area contributed by atoms with Crippen molar-refractivity contribution in [3.8, 4) is 0 Å². The molecule has 4 N–H and O–H groups in total. The number of carbonyl (C=O) groups is 4. The van der Waals surface area contributed by atoms with Crippen LogP contribution in [0.1, 0.15) is 39.5 Å². The maximum Gasteiger partial charge on any atom is 0.309 e. The zero-order chi connectivity index (χ0) is 26.9. The molecule has 204 valence electrons. The monoisotopic (exact) mass is 565 g/mol. The van der Waals surface area contributed by atoms with E-state index in [4.69, 9.17) is 4.74 Å². The first-order valence-corrected chi connectivity index (χ1v) is 16.3. The third-order valence-electron chi connectivity index (χ3n) is 5.59. The molecule has 2 aliphatic rings. The first-order chi connectivity index (χ1) is 16.9. The summed E-state index contributed by atoms with van der Waals surface area (Å²) in [5.41, 5.74) is 0. The number of nitrogens with one attached hydrogen (secondary N) is 3. The number of aliphatic hydroxyl groups excluding tert-OH is 1. The van der Waals surface area contributed by atoms with Crippen molar-refractivity contribution >= 4 is 55.1 Å². The van der Waals surface area contributed by atoms with Crippen LogP contribution in [0.3, 0.4) is 0 Å².